The van der Waals surface area contributed by atoms with Gasteiger partial charge in [0, 0.05) is 26.0 Å². The largest absolute Gasteiger partial charge is 0.380 e. The summed E-state index contributed by atoms with van der Waals surface area (Å²) in [5.74, 6) is 0. The van der Waals surface area contributed by atoms with Gasteiger partial charge in [-0.2, -0.15) is 0 Å². The Morgan fingerprint density at radius 3 is 2.54 bits per heavy atom. The predicted molar refractivity (Wildman–Crippen MR) is 60.2 cm³/mol. The molecule has 0 aromatic heterocycles. The molecule has 0 atom stereocenters. The van der Waals surface area contributed by atoms with Crippen LogP contribution in [0.4, 0.5) is 0 Å². The summed E-state index contributed by atoms with van der Waals surface area (Å²) in [4.78, 5) is 6.06. The van der Waals surface area contributed by atoms with E-state index in [1.165, 1.54) is 0 Å². The van der Waals surface area contributed by atoms with Crippen molar-refractivity contribution in [1.82, 2.24) is 4.90 Å². The molecule has 0 aliphatic heterocycles. The zero-order valence-corrected chi connectivity index (χ0v) is 9.47. The number of hydrogen-bond donors (Lipinski definition) is 0. The van der Waals surface area contributed by atoms with Crippen LogP contribution in [-0.2, 0) is 0 Å². The quantitative estimate of drug-likeness (QED) is 0.637. The SMILES string of the molecule is CC/C=C/C(Cl)=N\C=C(/C)N(C)C. The molecular weight excluding hydrogens is 184 g/mol. The Morgan fingerprint density at radius 1 is 1.46 bits per heavy atom. The molecule has 0 aromatic carbocycles. The summed E-state index contributed by atoms with van der Waals surface area (Å²) < 4.78 is 0. The maximum absolute atomic E-state index is 5.81. The lowest BCUT2D eigenvalue weighted by Gasteiger charge is -2.10. The molecule has 0 amide bonds. The zero-order chi connectivity index (χ0) is 10.3. The molecule has 0 rings (SSSR count). The Bertz CT molecular complexity index is 227. The molecule has 0 aliphatic rings. The summed E-state index contributed by atoms with van der Waals surface area (Å²) in [6.07, 6.45) is 6.51. The molecule has 0 saturated carbocycles. The molecular formula is C10H17ClN2. The predicted octanol–water partition coefficient (Wildman–Crippen LogP) is 3.01. The van der Waals surface area contributed by atoms with Crippen molar-refractivity contribution in [3.63, 3.8) is 0 Å². The van der Waals surface area contributed by atoms with Gasteiger partial charge in [0.15, 0.2) is 0 Å². The van der Waals surface area contributed by atoms with E-state index in [1.54, 1.807) is 12.3 Å². The van der Waals surface area contributed by atoms with Gasteiger partial charge in [0.1, 0.15) is 5.17 Å². The van der Waals surface area contributed by atoms with Crippen molar-refractivity contribution >= 4 is 16.8 Å². The Hall–Kier alpha value is -0.760. The van der Waals surface area contributed by atoms with Crippen molar-refractivity contribution in [3.05, 3.63) is 24.0 Å². The Kier molecular flexibility index (Phi) is 6.33. The van der Waals surface area contributed by atoms with Gasteiger partial charge in [0.2, 0.25) is 0 Å². The van der Waals surface area contributed by atoms with Gasteiger partial charge in [-0.3, -0.25) is 0 Å². The zero-order valence-electron chi connectivity index (χ0n) is 8.71. The second-order valence-electron chi connectivity index (χ2n) is 2.93. The van der Waals surface area contributed by atoms with Gasteiger partial charge in [-0.1, -0.05) is 24.6 Å². The summed E-state index contributed by atoms with van der Waals surface area (Å²) in [7, 11) is 3.94. The highest BCUT2D eigenvalue weighted by Gasteiger charge is 1.89. The van der Waals surface area contributed by atoms with Crippen LogP contribution >= 0.6 is 11.6 Å². The number of hydrogen-bond acceptors (Lipinski definition) is 2. The molecule has 3 heteroatoms. The number of allylic oxidation sites excluding steroid dienone is 3. The number of rotatable bonds is 4. The molecule has 74 valence electrons. The van der Waals surface area contributed by atoms with Crippen molar-refractivity contribution < 1.29 is 0 Å². The van der Waals surface area contributed by atoms with Gasteiger partial charge < -0.3 is 4.90 Å². The lowest BCUT2D eigenvalue weighted by Crippen LogP contribution is -2.07. The first-order valence-electron chi connectivity index (χ1n) is 4.31. The Balaban J connectivity index is 4.24. The van der Waals surface area contributed by atoms with E-state index in [9.17, 15) is 0 Å². The van der Waals surface area contributed by atoms with E-state index in [0.29, 0.717) is 5.17 Å². The lowest BCUT2D eigenvalue weighted by atomic mass is 10.4. The number of nitrogens with zero attached hydrogens (tertiary/aromatic N) is 2. The monoisotopic (exact) mass is 200 g/mol. The van der Waals surface area contributed by atoms with E-state index in [4.69, 9.17) is 11.6 Å². The van der Waals surface area contributed by atoms with Crippen molar-refractivity contribution in [2.45, 2.75) is 20.3 Å². The summed E-state index contributed by atoms with van der Waals surface area (Å²) in [5, 5.41) is 0.517. The lowest BCUT2D eigenvalue weighted by molar-refractivity contribution is 0.512. The van der Waals surface area contributed by atoms with E-state index in [1.807, 2.05) is 32.0 Å². The molecule has 13 heavy (non-hydrogen) atoms. The summed E-state index contributed by atoms with van der Waals surface area (Å²) in [5.41, 5.74) is 1.07. The van der Waals surface area contributed by atoms with Crippen LogP contribution in [-0.4, -0.2) is 24.2 Å². The summed E-state index contributed by atoms with van der Waals surface area (Å²) >= 11 is 5.81. The van der Waals surface area contributed by atoms with E-state index in [0.717, 1.165) is 12.1 Å². The fraction of sp³-hybridized carbons (Fsp3) is 0.500. The summed E-state index contributed by atoms with van der Waals surface area (Å²) in [6, 6.07) is 0. The average molecular weight is 201 g/mol. The van der Waals surface area contributed by atoms with Crippen LogP contribution in [0.2, 0.25) is 0 Å². The van der Waals surface area contributed by atoms with Crippen molar-refractivity contribution in [1.29, 1.82) is 0 Å². The first kappa shape index (κ1) is 12.2. The molecule has 0 fully saturated rings. The van der Waals surface area contributed by atoms with E-state index < -0.39 is 0 Å². The molecule has 0 aliphatic carbocycles. The molecule has 0 bridgehead atoms. The molecule has 0 heterocycles. The van der Waals surface area contributed by atoms with Gasteiger partial charge in [-0.25, -0.2) is 4.99 Å². The third kappa shape index (κ3) is 6.41. The Labute approximate surface area is 85.6 Å². The molecule has 2 nitrogen and oxygen atoms in total. The molecule has 0 N–H and O–H groups in total. The second kappa shape index (κ2) is 6.72. The van der Waals surface area contributed by atoms with E-state index in [2.05, 4.69) is 11.9 Å². The first-order valence-corrected chi connectivity index (χ1v) is 4.69. The second-order valence-corrected chi connectivity index (χ2v) is 3.31. The minimum absolute atomic E-state index is 0.517. The highest BCUT2D eigenvalue weighted by atomic mass is 35.5. The van der Waals surface area contributed by atoms with Gasteiger partial charge >= 0.3 is 0 Å². The topological polar surface area (TPSA) is 15.6 Å². The Morgan fingerprint density at radius 2 is 2.08 bits per heavy atom. The van der Waals surface area contributed by atoms with Crippen LogP contribution < -0.4 is 0 Å². The maximum atomic E-state index is 5.81. The fourth-order valence-electron chi connectivity index (χ4n) is 0.529. The minimum atomic E-state index is 0.517. The average Bonchev–Trinajstić information content (AvgIpc) is 2.10. The van der Waals surface area contributed by atoms with Crippen LogP contribution in [0, 0.1) is 0 Å². The smallest absolute Gasteiger partial charge is 0.128 e. The number of halogens is 1. The van der Waals surface area contributed by atoms with Crippen LogP contribution in [0.15, 0.2) is 29.0 Å². The van der Waals surface area contributed by atoms with Gasteiger partial charge in [0.05, 0.1) is 0 Å². The van der Waals surface area contributed by atoms with Crippen LogP contribution in [0.5, 0.6) is 0 Å². The van der Waals surface area contributed by atoms with Gasteiger partial charge in [0.25, 0.3) is 0 Å². The molecule has 0 unspecified atom stereocenters. The highest BCUT2D eigenvalue weighted by Crippen LogP contribution is 1.98. The third-order valence-electron chi connectivity index (χ3n) is 1.57. The standard InChI is InChI=1S/C10H17ClN2/c1-5-6-7-10(11)12-8-9(2)13(3)4/h6-8H,5H2,1-4H3/b7-6+,9-8+,12-10+. The molecule has 0 aromatic rings. The third-order valence-corrected chi connectivity index (χ3v) is 1.79. The van der Waals surface area contributed by atoms with Crippen LogP contribution in [0.25, 0.3) is 0 Å². The van der Waals surface area contributed by atoms with Crippen LogP contribution in [0.3, 0.4) is 0 Å². The molecule has 0 spiro atoms. The first-order chi connectivity index (χ1) is 6.07. The maximum Gasteiger partial charge on any atom is 0.128 e. The normalized spacial score (nSPS) is 13.9. The fourth-order valence-corrected chi connectivity index (χ4v) is 0.667. The van der Waals surface area contributed by atoms with Gasteiger partial charge in [-0.15, -0.1) is 0 Å². The minimum Gasteiger partial charge on any atom is -0.380 e. The van der Waals surface area contributed by atoms with Crippen molar-refractivity contribution in [2.75, 3.05) is 14.1 Å². The van der Waals surface area contributed by atoms with Crippen molar-refractivity contribution in [2.24, 2.45) is 4.99 Å². The highest BCUT2D eigenvalue weighted by molar-refractivity contribution is 6.68. The summed E-state index contributed by atoms with van der Waals surface area (Å²) in [6.45, 7) is 4.04. The van der Waals surface area contributed by atoms with Gasteiger partial charge in [-0.05, 0) is 19.4 Å². The number of aliphatic imine (C=N–C) groups is 1. The van der Waals surface area contributed by atoms with Crippen LogP contribution in [0.1, 0.15) is 20.3 Å². The van der Waals surface area contributed by atoms with E-state index in [-0.39, 0.29) is 0 Å². The van der Waals surface area contributed by atoms with Crippen molar-refractivity contribution in [3.8, 4) is 0 Å². The molecule has 0 saturated heterocycles. The molecule has 0 radical (unpaired) electrons. The van der Waals surface area contributed by atoms with E-state index >= 15 is 0 Å².